The number of nitrogens with zero attached hydrogens (tertiary/aromatic N) is 2. The Morgan fingerprint density at radius 3 is 2.40 bits per heavy atom. The van der Waals surface area contributed by atoms with Crippen LogP contribution < -0.4 is 10.2 Å². The van der Waals surface area contributed by atoms with Crippen LogP contribution in [0.2, 0.25) is 0 Å². The average molecular weight is 411 g/mol. The average Bonchev–Trinajstić information content (AvgIpc) is 3.07. The van der Waals surface area contributed by atoms with E-state index in [1.807, 2.05) is 32.0 Å². The number of benzene rings is 2. The first kappa shape index (κ1) is 21.0. The van der Waals surface area contributed by atoms with Gasteiger partial charge >= 0.3 is 5.97 Å². The van der Waals surface area contributed by atoms with Gasteiger partial charge in [0.05, 0.1) is 10.8 Å². The highest BCUT2D eigenvalue weighted by Gasteiger charge is 2.36. The molecule has 3 rings (SSSR count). The summed E-state index contributed by atoms with van der Waals surface area (Å²) in [4.78, 5) is 48.2. The van der Waals surface area contributed by atoms with Gasteiger partial charge in [-0.15, -0.1) is 0 Å². The van der Waals surface area contributed by atoms with Crippen molar-refractivity contribution in [3.8, 4) is 0 Å². The van der Waals surface area contributed by atoms with E-state index in [2.05, 4.69) is 5.32 Å². The molecule has 1 saturated heterocycles. The number of carbonyl (C=O) groups is 3. The fourth-order valence-corrected chi connectivity index (χ4v) is 3.37. The lowest BCUT2D eigenvalue weighted by Crippen LogP contribution is -2.28. The second-order valence-electron chi connectivity index (χ2n) is 7.21. The topological polar surface area (TPSA) is 119 Å². The van der Waals surface area contributed by atoms with Crippen molar-refractivity contribution < 1.29 is 24.0 Å². The lowest BCUT2D eigenvalue weighted by molar-refractivity contribution is -0.384. The van der Waals surface area contributed by atoms with Crippen molar-refractivity contribution in [2.75, 3.05) is 23.4 Å². The monoisotopic (exact) mass is 411 g/mol. The molecule has 0 radical (unpaired) electrons. The molecule has 1 N–H and O–H groups in total. The zero-order valence-electron chi connectivity index (χ0n) is 16.6. The van der Waals surface area contributed by atoms with Gasteiger partial charge in [-0.3, -0.25) is 24.5 Å². The summed E-state index contributed by atoms with van der Waals surface area (Å²) < 4.78 is 5.08. The van der Waals surface area contributed by atoms with Crippen LogP contribution in [0.15, 0.2) is 42.5 Å². The number of hydrogen-bond donors (Lipinski definition) is 1. The number of carbonyl (C=O) groups excluding carboxylic acids is 3. The Morgan fingerprint density at radius 1 is 1.17 bits per heavy atom. The fraction of sp³-hybridized carbons (Fsp3) is 0.286. The molecule has 1 heterocycles. The first-order chi connectivity index (χ1) is 14.2. The molecule has 2 aromatic carbocycles. The molecule has 1 aliphatic heterocycles. The van der Waals surface area contributed by atoms with Crippen molar-refractivity contribution in [2.45, 2.75) is 20.3 Å². The Bertz CT molecular complexity index is 982. The predicted molar refractivity (Wildman–Crippen MR) is 109 cm³/mol. The van der Waals surface area contributed by atoms with E-state index in [1.54, 1.807) is 0 Å². The molecule has 1 atom stereocenters. The molecule has 0 aliphatic carbocycles. The van der Waals surface area contributed by atoms with Gasteiger partial charge in [-0.2, -0.15) is 0 Å². The maximum atomic E-state index is 12.3. The molecule has 9 heteroatoms. The Kier molecular flexibility index (Phi) is 6.10. The van der Waals surface area contributed by atoms with E-state index >= 15 is 0 Å². The maximum absolute atomic E-state index is 12.3. The predicted octanol–water partition coefficient (Wildman–Crippen LogP) is 2.75. The minimum Gasteiger partial charge on any atom is -0.455 e. The highest BCUT2D eigenvalue weighted by atomic mass is 16.6. The Labute approximate surface area is 172 Å². The quantitative estimate of drug-likeness (QED) is 0.443. The molecule has 0 unspecified atom stereocenters. The summed E-state index contributed by atoms with van der Waals surface area (Å²) in [5.74, 6) is -2.10. The molecule has 2 amide bonds. The highest BCUT2D eigenvalue weighted by Crippen LogP contribution is 2.27. The summed E-state index contributed by atoms with van der Waals surface area (Å²) in [7, 11) is 0. The smallest absolute Gasteiger partial charge is 0.311 e. The van der Waals surface area contributed by atoms with E-state index in [0.717, 1.165) is 11.1 Å². The Morgan fingerprint density at radius 2 is 1.80 bits per heavy atom. The fourth-order valence-electron chi connectivity index (χ4n) is 3.37. The van der Waals surface area contributed by atoms with E-state index in [9.17, 15) is 24.5 Å². The summed E-state index contributed by atoms with van der Waals surface area (Å²) >= 11 is 0. The van der Waals surface area contributed by atoms with Crippen molar-refractivity contribution in [3.63, 3.8) is 0 Å². The molecule has 0 saturated carbocycles. The van der Waals surface area contributed by atoms with Gasteiger partial charge in [-0.05, 0) is 49.2 Å². The molecule has 9 nitrogen and oxygen atoms in total. The van der Waals surface area contributed by atoms with Crippen LogP contribution in [0.25, 0.3) is 0 Å². The summed E-state index contributed by atoms with van der Waals surface area (Å²) in [5, 5.41) is 13.4. The van der Waals surface area contributed by atoms with Crippen LogP contribution >= 0.6 is 0 Å². The normalized spacial score (nSPS) is 15.7. The van der Waals surface area contributed by atoms with E-state index in [4.69, 9.17) is 4.74 Å². The molecule has 2 aromatic rings. The first-order valence-corrected chi connectivity index (χ1v) is 9.32. The molecule has 30 heavy (non-hydrogen) atoms. The van der Waals surface area contributed by atoms with E-state index in [-0.39, 0.29) is 24.6 Å². The number of amides is 2. The zero-order chi connectivity index (χ0) is 21.8. The molecule has 0 aromatic heterocycles. The van der Waals surface area contributed by atoms with Gasteiger partial charge < -0.3 is 15.0 Å². The lowest BCUT2D eigenvalue weighted by Gasteiger charge is -2.16. The molecule has 156 valence electrons. The van der Waals surface area contributed by atoms with E-state index in [0.29, 0.717) is 11.4 Å². The lowest BCUT2D eigenvalue weighted by atomic mass is 10.1. The van der Waals surface area contributed by atoms with E-state index < -0.39 is 29.3 Å². The van der Waals surface area contributed by atoms with Crippen LogP contribution in [-0.4, -0.2) is 35.9 Å². The van der Waals surface area contributed by atoms with Crippen LogP contribution in [-0.2, 0) is 19.1 Å². The van der Waals surface area contributed by atoms with Gasteiger partial charge in [-0.25, -0.2) is 0 Å². The number of anilines is 2. The third-order valence-corrected chi connectivity index (χ3v) is 4.68. The number of non-ortho nitro benzene ring substituents is 1. The van der Waals surface area contributed by atoms with Crippen LogP contribution in [0.4, 0.5) is 17.1 Å². The molecule has 0 bridgehead atoms. The van der Waals surface area contributed by atoms with Crippen LogP contribution in [0.3, 0.4) is 0 Å². The minimum absolute atomic E-state index is 0.0471. The molecular weight excluding hydrogens is 390 g/mol. The number of aryl methyl sites for hydroxylation is 2. The summed E-state index contributed by atoms with van der Waals surface area (Å²) in [5.41, 5.74) is 3.00. The molecule has 0 spiro atoms. The van der Waals surface area contributed by atoms with Crippen molar-refractivity contribution in [2.24, 2.45) is 5.92 Å². The van der Waals surface area contributed by atoms with Crippen molar-refractivity contribution >= 4 is 34.8 Å². The Hall–Kier alpha value is -3.75. The van der Waals surface area contributed by atoms with Gasteiger partial charge in [-0.1, -0.05) is 6.07 Å². The van der Waals surface area contributed by atoms with Gasteiger partial charge in [0.25, 0.3) is 11.6 Å². The highest BCUT2D eigenvalue weighted by molar-refractivity contribution is 6.00. The number of hydrogen-bond acceptors (Lipinski definition) is 6. The standard InChI is InChI=1S/C21H21N3O6/c1-13-7-14(2)9-16(8-13)22-19(25)12-30-21(27)15-10-20(26)23(11-15)17-3-5-18(6-4-17)24(28)29/h3-9,15H,10-12H2,1-2H3,(H,22,25)/t15-/m0/s1. The third-order valence-electron chi connectivity index (χ3n) is 4.68. The number of nitro benzene ring substituents is 1. The molecule has 1 fully saturated rings. The number of esters is 1. The van der Waals surface area contributed by atoms with Crippen LogP contribution in [0, 0.1) is 29.9 Å². The SMILES string of the molecule is Cc1cc(C)cc(NC(=O)COC(=O)[C@H]2CC(=O)N(c3ccc([N+](=O)[O-])cc3)C2)c1. The van der Waals surface area contributed by atoms with Crippen molar-refractivity contribution in [3.05, 3.63) is 63.7 Å². The van der Waals surface area contributed by atoms with Gasteiger partial charge in [0.15, 0.2) is 6.61 Å². The second-order valence-corrected chi connectivity index (χ2v) is 7.21. The number of rotatable bonds is 6. The third kappa shape index (κ3) is 4.99. The summed E-state index contributed by atoms with van der Waals surface area (Å²) in [6.07, 6.45) is -0.0471. The largest absolute Gasteiger partial charge is 0.455 e. The van der Waals surface area contributed by atoms with Gasteiger partial charge in [0.2, 0.25) is 5.91 Å². The second kappa shape index (κ2) is 8.73. The van der Waals surface area contributed by atoms with E-state index in [1.165, 1.54) is 29.2 Å². The zero-order valence-corrected chi connectivity index (χ0v) is 16.6. The number of ether oxygens (including phenoxy) is 1. The summed E-state index contributed by atoms with van der Waals surface area (Å²) in [6.45, 7) is 3.47. The van der Waals surface area contributed by atoms with Crippen molar-refractivity contribution in [1.82, 2.24) is 0 Å². The summed E-state index contributed by atoms with van der Waals surface area (Å²) in [6, 6.07) is 11.1. The molecule has 1 aliphatic rings. The van der Waals surface area contributed by atoms with Crippen molar-refractivity contribution in [1.29, 1.82) is 0 Å². The minimum atomic E-state index is -0.707. The van der Waals surface area contributed by atoms with Gasteiger partial charge in [0.1, 0.15) is 0 Å². The number of nitrogens with one attached hydrogen (secondary N) is 1. The molecular formula is C21H21N3O6. The Balaban J connectivity index is 1.54. The van der Waals surface area contributed by atoms with Gasteiger partial charge in [0, 0.05) is 36.5 Å². The van der Waals surface area contributed by atoms with Crippen LogP contribution in [0.1, 0.15) is 17.5 Å². The maximum Gasteiger partial charge on any atom is 0.311 e. The number of nitro groups is 1. The first-order valence-electron chi connectivity index (χ1n) is 9.32. The van der Waals surface area contributed by atoms with Crippen LogP contribution in [0.5, 0.6) is 0 Å².